The first-order valence-electron chi connectivity index (χ1n) is 7.66. The SMILES string of the molecule is CCCn1ccnc1CC(O)C1CCC(C(F)(F)F)CC1. The minimum absolute atomic E-state index is 0.0459. The monoisotopic (exact) mass is 304 g/mol. The van der Waals surface area contributed by atoms with Gasteiger partial charge in [0.25, 0.3) is 0 Å². The van der Waals surface area contributed by atoms with Gasteiger partial charge in [0.2, 0.25) is 0 Å². The van der Waals surface area contributed by atoms with Crippen LogP contribution in [0, 0.1) is 11.8 Å². The number of aliphatic hydroxyl groups is 1. The van der Waals surface area contributed by atoms with E-state index in [1.807, 2.05) is 10.8 Å². The molecule has 1 N–H and O–H groups in total. The van der Waals surface area contributed by atoms with E-state index in [1.165, 1.54) is 0 Å². The summed E-state index contributed by atoms with van der Waals surface area (Å²) in [7, 11) is 0. The predicted octanol–water partition coefficient (Wildman–Crippen LogP) is 3.57. The van der Waals surface area contributed by atoms with Crippen LogP contribution < -0.4 is 0 Å². The number of aromatic nitrogens is 2. The number of imidazole rings is 1. The molecule has 120 valence electrons. The van der Waals surface area contributed by atoms with E-state index in [1.54, 1.807) is 6.20 Å². The first kappa shape index (κ1) is 16.3. The van der Waals surface area contributed by atoms with Crippen molar-refractivity contribution in [3.63, 3.8) is 0 Å². The normalized spacial score (nSPS) is 25.0. The summed E-state index contributed by atoms with van der Waals surface area (Å²) < 4.78 is 39.9. The average Bonchev–Trinajstić information content (AvgIpc) is 2.86. The molecule has 1 heterocycles. The van der Waals surface area contributed by atoms with Crippen molar-refractivity contribution in [3.05, 3.63) is 18.2 Å². The van der Waals surface area contributed by atoms with E-state index in [4.69, 9.17) is 0 Å². The quantitative estimate of drug-likeness (QED) is 0.903. The molecule has 2 rings (SSSR count). The number of hydrogen-bond acceptors (Lipinski definition) is 2. The molecule has 1 fully saturated rings. The topological polar surface area (TPSA) is 38.0 Å². The van der Waals surface area contributed by atoms with Gasteiger partial charge < -0.3 is 9.67 Å². The lowest BCUT2D eigenvalue weighted by Gasteiger charge is -2.32. The molecule has 21 heavy (non-hydrogen) atoms. The van der Waals surface area contributed by atoms with Crippen LogP contribution in [0.25, 0.3) is 0 Å². The molecule has 0 spiro atoms. The molecule has 0 aromatic carbocycles. The molecular formula is C15H23F3N2O. The Morgan fingerprint density at radius 1 is 1.33 bits per heavy atom. The minimum atomic E-state index is -4.09. The lowest BCUT2D eigenvalue weighted by molar-refractivity contribution is -0.185. The maximum atomic E-state index is 12.6. The smallest absolute Gasteiger partial charge is 0.391 e. The Morgan fingerprint density at radius 2 is 2.00 bits per heavy atom. The van der Waals surface area contributed by atoms with Gasteiger partial charge in [-0.05, 0) is 38.0 Å². The lowest BCUT2D eigenvalue weighted by atomic mass is 9.78. The number of nitrogens with zero attached hydrogens (tertiary/aromatic N) is 2. The number of alkyl halides is 3. The fraction of sp³-hybridized carbons (Fsp3) is 0.800. The molecule has 1 aliphatic rings. The van der Waals surface area contributed by atoms with Crippen LogP contribution in [0.2, 0.25) is 0 Å². The molecule has 1 aromatic rings. The summed E-state index contributed by atoms with van der Waals surface area (Å²) in [4.78, 5) is 4.25. The maximum Gasteiger partial charge on any atom is 0.391 e. The number of rotatable bonds is 5. The Morgan fingerprint density at radius 3 is 2.57 bits per heavy atom. The number of aryl methyl sites for hydroxylation is 1. The van der Waals surface area contributed by atoms with Crippen molar-refractivity contribution in [3.8, 4) is 0 Å². The molecule has 1 aromatic heterocycles. The summed E-state index contributed by atoms with van der Waals surface area (Å²) in [6, 6.07) is 0. The van der Waals surface area contributed by atoms with E-state index >= 15 is 0 Å². The molecular weight excluding hydrogens is 281 g/mol. The van der Waals surface area contributed by atoms with Gasteiger partial charge in [-0.25, -0.2) is 4.98 Å². The zero-order valence-corrected chi connectivity index (χ0v) is 12.3. The number of hydrogen-bond donors (Lipinski definition) is 1. The van der Waals surface area contributed by atoms with E-state index in [0.717, 1.165) is 18.8 Å². The molecule has 0 bridgehead atoms. The Hall–Kier alpha value is -1.04. The fourth-order valence-electron chi connectivity index (χ4n) is 3.16. The van der Waals surface area contributed by atoms with Crippen LogP contribution in [0.3, 0.4) is 0 Å². The molecule has 0 radical (unpaired) electrons. The first-order chi connectivity index (χ1) is 9.91. The molecule has 0 saturated heterocycles. The number of aliphatic hydroxyl groups excluding tert-OH is 1. The Labute approximate surface area is 123 Å². The van der Waals surface area contributed by atoms with E-state index in [2.05, 4.69) is 11.9 Å². The summed E-state index contributed by atoms with van der Waals surface area (Å²) in [5.74, 6) is -0.416. The molecule has 1 unspecified atom stereocenters. The molecule has 1 atom stereocenters. The minimum Gasteiger partial charge on any atom is -0.392 e. The van der Waals surface area contributed by atoms with E-state index in [-0.39, 0.29) is 18.8 Å². The van der Waals surface area contributed by atoms with Crippen LogP contribution in [0.15, 0.2) is 12.4 Å². The van der Waals surface area contributed by atoms with Gasteiger partial charge in [0.1, 0.15) is 5.82 Å². The molecule has 6 heteroatoms. The van der Waals surface area contributed by atoms with Gasteiger partial charge in [-0.3, -0.25) is 0 Å². The van der Waals surface area contributed by atoms with Crippen LogP contribution in [-0.4, -0.2) is 26.9 Å². The van der Waals surface area contributed by atoms with Crippen molar-refractivity contribution in [2.45, 2.75) is 64.3 Å². The van der Waals surface area contributed by atoms with E-state index in [0.29, 0.717) is 19.3 Å². The highest BCUT2D eigenvalue weighted by Crippen LogP contribution is 2.40. The van der Waals surface area contributed by atoms with Gasteiger partial charge in [-0.1, -0.05) is 6.92 Å². The largest absolute Gasteiger partial charge is 0.392 e. The van der Waals surface area contributed by atoms with E-state index < -0.39 is 18.2 Å². The third-order valence-corrected chi connectivity index (χ3v) is 4.44. The first-order valence-corrected chi connectivity index (χ1v) is 7.66. The van der Waals surface area contributed by atoms with Gasteiger partial charge in [0.15, 0.2) is 0 Å². The second kappa shape index (κ2) is 6.81. The van der Waals surface area contributed by atoms with Crippen molar-refractivity contribution in [2.24, 2.45) is 11.8 Å². The van der Waals surface area contributed by atoms with Crippen LogP contribution >= 0.6 is 0 Å². The van der Waals surface area contributed by atoms with Crippen molar-refractivity contribution in [2.75, 3.05) is 0 Å². The summed E-state index contributed by atoms with van der Waals surface area (Å²) in [6.45, 7) is 2.92. The molecule has 0 aliphatic heterocycles. The molecule has 0 amide bonds. The molecule has 1 saturated carbocycles. The van der Waals surface area contributed by atoms with Crippen molar-refractivity contribution < 1.29 is 18.3 Å². The molecule has 1 aliphatic carbocycles. The van der Waals surface area contributed by atoms with Gasteiger partial charge in [-0.2, -0.15) is 13.2 Å². The second-order valence-corrected chi connectivity index (χ2v) is 5.96. The highest BCUT2D eigenvalue weighted by atomic mass is 19.4. The number of halogens is 3. The zero-order valence-electron chi connectivity index (χ0n) is 12.3. The van der Waals surface area contributed by atoms with Gasteiger partial charge in [0, 0.05) is 25.4 Å². The standard InChI is InChI=1S/C15H23F3N2O/c1-2-8-20-9-7-19-14(20)10-13(21)11-3-5-12(6-4-11)15(16,17)18/h7,9,11-13,21H,2-6,8,10H2,1H3. The predicted molar refractivity (Wildman–Crippen MR) is 73.7 cm³/mol. The summed E-state index contributed by atoms with van der Waals surface area (Å²) in [5.41, 5.74) is 0. The zero-order chi connectivity index (χ0) is 15.5. The van der Waals surface area contributed by atoms with Crippen molar-refractivity contribution in [1.82, 2.24) is 9.55 Å². The lowest BCUT2D eigenvalue weighted by Crippen LogP contribution is -2.33. The van der Waals surface area contributed by atoms with Crippen molar-refractivity contribution >= 4 is 0 Å². The second-order valence-electron chi connectivity index (χ2n) is 5.96. The summed E-state index contributed by atoms with van der Waals surface area (Å²) in [6.07, 6.45) is 1.46. The van der Waals surface area contributed by atoms with Crippen LogP contribution in [0.1, 0.15) is 44.9 Å². The van der Waals surface area contributed by atoms with Crippen LogP contribution in [-0.2, 0) is 13.0 Å². The van der Waals surface area contributed by atoms with Crippen LogP contribution in [0.5, 0.6) is 0 Å². The summed E-state index contributed by atoms with van der Waals surface area (Å²) in [5, 5.41) is 10.3. The van der Waals surface area contributed by atoms with Crippen molar-refractivity contribution in [1.29, 1.82) is 0 Å². The Bertz CT molecular complexity index is 436. The molecule has 3 nitrogen and oxygen atoms in total. The maximum absolute atomic E-state index is 12.6. The van der Waals surface area contributed by atoms with E-state index in [9.17, 15) is 18.3 Å². The summed E-state index contributed by atoms with van der Waals surface area (Å²) >= 11 is 0. The third-order valence-electron chi connectivity index (χ3n) is 4.44. The van der Waals surface area contributed by atoms with Gasteiger partial charge in [0.05, 0.1) is 12.0 Å². The van der Waals surface area contributed by atoms with Gasteiger partial charge >= 0.3 is 6.18 Å². The third kappa shape index (κ3) is 4.22. The highest BCUT2D eigenvalue weighted by Gasteiger charge is 2.42. The highest BCUT2D eigenvalue weighted by molar-refractivity contribution is 4.96. The van der Waals surface area contributed by atoms with Crippen LogP contribution in [0.4, 0.5) is 13.2 Å². The Balaban J connectivity index is 1.87. The Kier molecular flexibility index (Phi) is 5.30. The van der Waals surface area contributed by atoms with Gasteiger partial charge in [-0.15, -0.1) is 0 Å². The fourth-order valence-corrected chi connectivity index (χ4v) is 3.16. The average molecular weight is 304 g/mol.